The van der Waals surface area contributed by atoms with Gasteiger partial charge < -0.3 is 11.1 Å². The maximum Gasteiger partial charge on any atom is 0.220 e. The Kier molecular flexibility index (Phi) is 7.20. The Bertz CT molecular complexity index is 447. The summed E-state index contributed by atoms with van der Waals surface area (Å²) in [5.74, 6) is 0.481. The van der Waals surface area contributed by atoms with Crippen LogP contribution < -0.4 is 11.1 Å². The zero-order chi connectivity index (χ0) is 14.5. The Morgan fingerprint density at radius 2 is 1.90 bits per heavy atom. The minimum absolute atomic E-state index is 0. The quantitative estimate of drug-likeness (QED) is 0.894. The summed E-state index contributed by atoms with van der Waals surface area (Å²) in [7, 11) is 0. The SMILES string of the molecule is Cc1ccc(C(C)NC(=O)CC2CCCCC2N)cc1.Cl. The monoisotopic (exact) mass is 310 g/mol. The van der Waals surface area contributed by atoms with Gasteiger partial charge in [0, 0.05) is 12.5 Å². The van der Waals surface area contributed by atoms with Gasteiger partial charge in [0.2, 0.25) is 5.91 Å². The van der Waals surface area contributed by atoms with Crippen LogP contribution in [0.3, 0.4) is 0 Å². The van der Waals surface area contributed by atoms with Gasteiger partial charge in [-0.1, -0.05) is 42.7 Å². The van der Waals surface area contributed by atoms with Crippen LogP contribution in [-0.2, 0) is 4.79 Å². The third kappa shape index (κ3) is 5.33. The van der Waals surface area contributed by atoms with E-state index in [0.717, 1.165) is 18.4 Å². The Morgan fingerprint density at radius 3 is 2.52 bits per heavy atom. The average Bonchev–Trinajstić information content (AvgIpc) is 2.42. The molecule has 2 rings (SSSR count). The van der Waals surface area contributed by atoms with E-state index in [1.807, 2.05) is 6.92 Å². The van der Waals surface area contributed by atoms with Gasteiger partial charge in [0.15, 0.2) is 0 Å². The highest BCUT2D eigenvalue weighted by Crippen LogP contribution is 2.26. The van der Waals surface area contributed by atoms with Gasteiger partial charge in [0.25, 0.3) is 0 Å². The molecule has 0 radical (unpaired) electrons. The highest BCUT2D eigenvalue weighted by atomic mass is 35.5. The van der Waals surface area contributed by atoms with Crippen LogP contribution in [0.2, 0.25) is 0 Å². The lowest BCUT2D eigenvalue weighted by Gasteiger charge is -2.28. The highest BCUT2D eigenvalue weighted by Gasteiger charge is 2.24. The molecular weight excluding hydrogens is 284 g/mol. The fourth-order valence-electron chi connectivity index (χ4n) is 2.97. The summed E-state index contributed by atoms with van der Waals surface area (Å²) >= 11 is 0. The second-order valence-electron chi connectivity index (χ2n) is 6.11. The molecule has 3 unspecified atom stereocenters. The summed E-state index contributed by atoms with van der Waals surface area (Å²) in [6.45, 7) is 4.10. The minimum atomic E-state index is 0. The number of carbonyl (C=O) groups excluding carboxylic acids is 1. The van der Waals surface area contributed by atoms with E-state index in [1.54, 1.807) is 0 Å². The molecule has 1 aliphatic rings. The number of rotatable bonds is 4. The number of nitrogens with one attached hydrogen (secondary N) is 1. The molecule has 21 heavy (non-hydrogen) atoms. The molecule has 3 nitrogen and oxygen atoms in total. The van der Waals surface area contributed by atoms with Gasteiger partial charge in [-0.15, -0.1) is 12.4 Å². The summed E-state index contributed by atoms with van der Waals surface area (Å²) in [6.07, 6.45) is 5.13. The molecule has 1 saturated carbocycles. The number of carbonyl (C=O) groups is 1. The van der Waals surface area contributed by atoms with Crippen LogP contribution in [-0.4, -0.2) is 11.9 Å². The fourth-order valence-corrected chi connectivity index (χ4v) is 2.97. The van der Waals surface area contributed by atoms with Crippen molar-refractivity contribution in [1.29, 1.82) is 0 Å². The fraction of sp³-hybridized carbons (Fsp3) is 0.588. The van der Waals surface area contributed by atoms with Crippen molar-refractivity contribution in [2.75, 3.05) is 0 Å². The van der Waals surface area contributed by atoms with Crippen molar-refractivity contribution >= 4 is 18.3 Å². The van der Waals surface area contributed by atoms with Crippen LogP contribution in [0.5, 0.6) is 0 Å². The number of halogens is 1. The Labute approximate surface area is 134 Å². The van der Waals surface area contributed by atoms with Crippen molar-refractivity contribution in [3.8, 4) is 0 Å². The third-order valence-corrected chi connectivity index (χ3v) is 4.37. The minimum Gasteiger partial charge on any atom is -0.350 e. The topological polar surface area (TPSA) is 55.1 Å². The molecule has 0 saturated heterocycles. The van der Waals surface area contributed by atoms with Crippen molar-refractivity contribution in [3.63, 3.8) is 0 Å². The maximum atomic E-state index is 12.1. The van der Waals surface area contributed by atoms with Crippen molar-refractivity contribution in [1.82, 2.24) is 5.32 Å². The van der Waals surface area contributed by atoms with E-state index >= 15 is 0 Å². The van der Waals surface area contributed by atoms with Crippen LogP contribution in [0.15, 0.2) is 24.3 Å². The molecule has 118 valence electrons. The lowest BCUT2D eigenvalue weighted by Crippen LogP contribution is -2.37. The van der Waals surface area contributed by atoms with E-state index in [0.29, 0.717) is 12.3 Å². The Morgan fingerprint density at radius 1 is 1.29 bits per heavy atom. The van der Waals surface area contributed by atoms with Crippen molar-refractivity contribution in [2.45, 2.75) is 58.0 Å². The van der Waals surface area contributed by atoms with Crippen LogP contribution in [0.25, 0.3) is 0 Å². The van der Waals surface area contributed by atoms with Gasteiger partial charge in [-0.05, 0) is 38.2 Å². The number of hydrogen-bond donors (Lipinski definition) is 2. The molecule has 0 spiro atoms. The molecule has 0 bridgehead atoms. The second kappa shape index (κ2) is 8.40. The molecule has 0 aliphatic heterocycles. The zero-order valence-electron chi connectivity index (χ0n) is 13.0. The zero-order valence-corrected chi connectivity index (χ0v) is 13.8. The molecule has 1 aliphatic carbocycles. The molecule has 1 aromatic carbocycles. The Hall–Kier alpha value is -1.06. The van der Waals surface area contributed by atoms with Gasteiger partial charge in [0.1, 0.15) is 0 Å². The van der Waals surface area contributed by atoms with E-state index in [-0.39, 0.29) is 30.4 Å². The lowest BCUT2D eigenvalue weighted by molar-refractivity contribution is -0.123. The van der Waals surface area contributed by atoms with Crippen molar-refractivity contribution < 1.29 is 4.79 Å². The number of aryl methyl sites for hydroxylation is 1. The smallest absolute Gasteiger partial charge is 0.220 e. The van der Waals surface area contributed by atoms with E-state index in [2.05, 4.69) is 36.5 Å². The molecule has 3 N–H and O–H groups in total. The molecule has 0 aromatic heterocycles. The van der Waals surface area contributed by atoms with E-state index in [4.69, 9.17) is 5.73 Å². The molecule has 1 amide bonds. The maximum absolute atomic E-state index is 12.1. The predicted molar refractivity (Wildman–Crippen MR) is 89.5 cm³/mol. The number of amides is 1. The van der Waals surface area contributed by atoms with Gasteiger partial charge in [0.05, 0.1) is 6.04 Å². The number of hydrogen-bond acceptors (Lipinski definition) is 2. The standard InChI is InChI=1S/C17H26N2O.ClH/c1-12-7-9-14(10-8-12)13(2)19-17(20)11-15-5-3-4-6-16(15)18;/h7-10,13,15-16H,3-6,11,18H2,1-2H3,(H,19,20);1H. The van der Waals surface area contributed by atoms with Gasteiger partial charge in [-0.3, -0.25) is 4.79 Å². The normalized spacial score (nSPS) is 23.0. The first-order valence-corrected chi connectivity index (χ1v) is 7.68. The molecule has 0 heterocycles. The van der Waals surface area contributed by atoms with Crippen molar-refractivity contribution in [2.24, 2.45) is 11.7 Å². The van der Waals surface area contributed by atoms with Crippen LogP contribution in [0, 0.1) is 12.8 Å². The van der Waals surface area contributed by atoms with Gasteiger partial charge in [-0.25, -0.2) is 0 Å². The van der Waals surface area contributed by atoms with E-state index < -0.39 is 0 Å². The lowest BCUT2D eigenvalue weighted by atomic mass is 9.83. The summed E-state index contributed by atoms with van der Waals surface area (Å²) in [5, 5.41) is 3.09. The summed E-state index contributed by atoms with van der Waals surface area (Å²) in [5.41, 5.74) is 8.49. The van der Waals surface area contributed by atoms with Gasteiger partial charge >= 0.3 is 0 Å². The Balaban J connectivity index is 0.00000220. The number of nitrogens with two attached hydrogens (primary N) is 1. The van der Waals surface area contributed by atoms with E-state index in [1.165, 1.54) is 18.4 Å². The van der Waals surface area contributed by atoms with Crippen molar-refractivity contribution in [3.05, 3.63) is 35.4 Å². The second-order valence-corrected chi connectivity index (χ2v) is 6.11. The summed E-state index contributed by atoms with van der Waals surface area (Å²) in [6, 6.07) is 8.57. The largest absolute Gasteiger partial charge is 0.350 e. The van der Waals surface area contributed by atoms with Crippen LogP contribution >= 0.6 is 12.4 Å². The first-order valence-electron chi connectivity index (χ1n) is 7.68. The number of benzene rings is 1. The highest BCUT2D eigenvalue weighted by molar-refractivity contribution is 5.85. The summed E-state index contributed by atoms with van der Waals surface area (Å²) < 4.78 is 0. The molecule has 1 aromatic rings. The molecular formula is C17H27ClN2O. The van der Waals surface area contributed by atoms with Crippen LogP contribution in [0.4, 0.5) is 0 Å². The molecule has 1 fully saturated rings. The molecule has 4 heteroatoms. The van der Waals surface area contributed by atoms with E-state index in [9.17, 15) is 4.79 Å². The average molecular weight is 311 g/mol. The summed E-state index contributed by atoms with van der Waals surface area (Å²) in [4.78, 5) is 12.1. The first-order chi connectivity index (χ1) is 9.56. The predicted octanol–water partition coefficient (Wildman–Crippen LogP) is 3.50. The molecule has 3 atom stereocenters. The van der Waals surface area contributed by atoms with Crippen LogP contribution in [0.1, 0.15) is 56.2 Å². The third-order valence-electron chi connectivity index (χ3n) is 4.37. The van der Waals surface area contributed by atoms with Gasteiger partial charge in [-0.2, -0.15) is 0 Å². The first kappa shape index (κ1) is 18.0.